The molecular formula is C7H3ClINO3S. The number of hydrogen-bond donors (Lipinski definition) is 1. The van der Waals surface area contributed by atoms with Crippen LogP contribution in [0.1, 0.15) is 5.56 Å². The molecule has 7 heteroatoms. The van der Waals surface area contributed by atoms with Gasteiger partial charge >= 0.3 is 0 Å². The van der Waals surface area contributed by atoms with Crippen LogP contribution >= 0.6 is 33.3 Å². The zero-order valence-corrected chi connectivity index (χ0v) is 10.3. The van der Waals surface area contributed by atoms with Crippen molar-refractivity contribution < 1.29 is 13.5 Å². The lowest BCUT2D eigenvalue weighted by Crippen LogP contribution is -1.96. The minimum atomic E-state index is -3.93. The van der Waals surface area contributed by atoms with Gasteiger partial charge in [0.1, 0.15) is 16.7 Å². The van der Waals surface area contributed by atoms with Crippen LogP contribution in [0.3, 0.4) is 0 Å². The average Bonchev–Trinajstić information content (AvgIpc) is 2.06. The van der Waals surface area contributed by atoms with Crippen LogP contribution in [-0.2, 0) is 9.05 Å². The van der Waals surface area contributed by atoms with Crippen LogP contribution < -0.4 is 0 Å². The molecule has 0 aliphatic heterocycles. The summed E-state index contributed by atoms with van der Waals surface area (Å²) in [6.07, 6.45) is 0. The minimum absolute atomic E-state index is 0.0739. The van der Waals surface area contributed by atoms with Gasteiger partial charge in [0.15, 0.2) is 0 Å². The molecule has 0 radical (unpaired) electrons. The van der Waals surface area contributed by atoms with Gasteiger partial charge in [-0.2, -0.15) is 5.26 Å². The van der Waals surface area contributed by atoms with Crippen molar-refractivity contribution in [2.45, 2.75) is 4.90 Å². The first-order chi connectivity index (χ1) is 6.36. The van der Waals surface area contributed by atoms with Gasteiger partial charge < -0.3 is 5.11 Å². The van der Waals surface area contributed by atoms with E-state index in [-0.39, 0.29) is 19.8 Å². The van der Waals surface area contributed by atoms with Crippen LogP contribution in [0.4, 0.5) is 0 Å². The fourth-order valence-corrected chi connectivity index (χ4v) is 3.48. The fourth-order valence-electron chi connectivity index (χ4n) is 0.842. The second kappa shape index (κ2) is 3.92. The Morgan fingerprint density at radius 3 is 2.50 bits per heavy atom. The Morgan fingerprint density at radius 2 is 2.07 bits per heavy atom. The lowest BCUT2D eigenvalue weighted by atomic mass is 10.2. The summed E-state index contributed by atoms with van der Waals surface area (Å²) in [4.78, 5) is -0.253. The number of rotatable bonds is 1. The van der Waals surface area contributed by atoms with E-state index < -0.39 is 9.05 Å². The summed E-state index contributed by atoms with van der Waals surface area (Å²) >= 11 is 1.69. The molecular weight excluding hydrogens is 341 g/mol. The zero-order valence-electron chi connectivity index (χ0n) is 6.53. The van der Waals surface area contributed by atoms with Crippen LogP contribution in [0.5, 0.6) is 5.75 Å². The van der Waals surface area contributed by atoms with Gasteiger partial charge in [-0.05, 0) is 28.7 Å². The topological polar surface area (TPSA) is 78.2 Å². The van der Waals surface area contributed by atoms with Gasteiger partial charge in [0.25, 0.3) is 9.05 Å². The lowest BCUT2D eigenvalue weighted by Gasteiger charge is -2.02. The number of phenolic OH excluding ortho intramolecular Hbond substituents is 1. The van der Waals surface area contributed by atoms with E-state index in [1.165, 1.54) is 6.07 Å². The first-order valence-electron chi connectivity index (χ1n) is 3.23. The van der Waals surface area contributed by atoms with Gasteiger partial charge in [0, 0.05) is 16.7 Å². The molecule has 1 aromatic rings. The third-order valence-corrected chi connectivity index (χ3v) is 4.28. The molecule has 0 spiro atoms. The van der Waals surface area contributed by atoms with Crippen molar-refractivity contribution in [3.63, 3.8) is 0 Å². The van der Waals surface area contributed by atoms with Gasteiger partial charge in [-0.1, -0.05) is 0 Å². The third kappa shape index (κ3) is 2.29. The maximum Gasteiger partial charge on any atom is 0.262 e. The maximum atomic E-state index is 11.0. The van der Waals surface area contributed by atoms with Gasteiger partial charge in [0.05, 0.1) is 9.13 Å². The zero-order chi connectivity index (χ0) is 10.9. The fraction of sp³-hybridized carbons (Fsp3) is 0. The lowest BCUT2D eigenvalue weighted by molar-refractivity contribution is 0.473. The van der Waals surface area contributed by atoms with Crippen molar-refractivity contribution in [3.05, 3.63) is 21.3 Å². The number of nitriles is 1. The van der Waals surface area contributed by atoms with Gasteiger partial charge in [0.2, 0.25) is 0 Å². The highest BCUT2D eigenvalue weighted by Crippen LogP contribution is 2.28. The first-order valence-corrected chi connectivity index (χ1v) is 6.62. The molecule has 0 atom stereocenters. The Balaban J connectivity index is 3.64. The standard InChI is InChI=1S/C7H3ClINO3S/c8-14(12,13)6-2-5(11)1-4(3-10)7(6)9/h1-2,11H. The Hall–Kier alpha value is -0.520. The molecule has 14 heavy (non-hydrogen) atoms. The van der Waals surface area contributed by atoms with E-state index in [0.29, 0.717) is 0 Å². The second-order valence-corrected chi connectivity index (χ2v) is 5.97. The molecule has 1 aromatic carbocycles. The molecule has 0 saturated carbocycles. The smallest absolute Gasteiger partial charge is 0.262 e. The van der Waals surface area contributed by atoms with Crippen molar-refractivity contribution in [3.8, 4) is 11.8 Å². The predicted molar refractivity (Wildman–Crippen MR) is 58.6 cm³/mol. The highest BCUT2D eigenvalue weighted by molar-refractivity contribution is 14.1. The normalized spacial score (nSPS) is 10.9. The Bertz CT molecular complexity index is 520. The van der Waals surface area contributed by atoms with Crippen molar-refractivity contribution in [1.82, 2.24) is 0 Å². The highest BCUT2D eigenvalue weighted by atomic mass is 127. The van der Waals surface area contributed by atoms with Crippen molar-refractivity contribution >= 4 is 42.3 Å². The maximum absolute atomic E-state index is 11.0. The molecule has 74 valence electrons. The average molecular weight is 344 g/mol. The van der Waals surface area contributed by atoms with E-state index in [0.717, 1.165) is 6.07 Å². The molecule has 4 nitrogen and oxygen atoms in total. The van der Waals surface area contributed by atoms with Gasteiger partial charge in [-0.15, -0.1) is 0 Å². The molecule has 0 heterocycles. The molecule has 0 amide bonds. The van der Waals surface area contributed by atoms with Crippen LogP contribution in [-0.4, -0.2) is 13.5 Å². The van der Waals surface area contributed by atoms with Crippen LogP contribution in [0.25, 0.3) is 0 Å². The molecule has 1 rings (SSSR count). The third-order valence-electron chi connectivity index (χ3n) is 1.41. The quantitative estimate of drug-likeness (QED) is 0.623. The summed E-state index contributed by atoms with van der Waals surface area (Å²) in [5.74, 6) is -0.304. The van der Waals surface area contributed by atoms with Crippen LogP contribution in [0, 0.1) is 14.9 Å². The highest BCUT2D eigenvalue weighted by Gasteiger charge is 2.18. The van der Waals surface area contributed by atoms with Crippen LogP contribution in [0.2, 0.25) is 0 Å². The van der Waals surface area contributed by atoms with E-state index in [1.807, 2.05) is 0 Å². The summed E-state index contributed by atoms with van der Waals surface area (Å²) in [5.41, 5.74) is 0.0739. The molecule has 0 aliphatic carbocycles. The molecule has 0 fully saturated rings. The van der Waals surface area contributed by atoms with Gasteiger partial charge in [-0.3, -0.25) is 0 Å². The number of nitrogens with zero attached hydrogens (tertiary/aromatic N) is 1. The molecule has 0 saturated heterocycles. The largest absolute Gasteiger partial charge is 0.508 e. The summed E-state index contributed by atoms with van der Waals surface area (Å²) < 4.78 is 22.2. The summed E-state index contributed by atoms with van der Waals surface area (Å²) in [6.45, 7) is 0. The molecule has 1 N–H and O–H groups in total. The number of aromatic hydroxyl groups is 1. The number of benzene rings is 1. The van der Waals surface area contributed by atoms with Crippen LogP contribution in [0.15, 0.2) is 17.0 Å². The Labute approximate surface area is 98.7 Å². The van der Waals surface area contributed by atoms with E-state index in [2.05, 4.69) is 0 Å². The molecule has 0 bridgehead atoms. The molecule has 0 aliphatic rings. The monoisotopic (exact) mass is 343 g/mol. The van der Waals surface area contributed by atoms with Gasteiger partial charge in [-0.25, -0.2) is 8.42 Å². The van der Waals surface area contributed by atoms with E-state index in [4.69, 9.17) is 21.1 Å². The predicted octanol–water partition coefficient (Wildman–Crippen LogP) is 1.80. The van der Waals surface area contributed by atoms with E-state index in [9.17, 15) is 8.42 Å². The SMILES string of the molecule is N#Cc1cc(O)cc(S(=O)(=O)Cl)c1I. The Morgan fingerprint density at radius 1 is 1.50 bits per heavy atom. The van der Waals surface area contributed by atoms with Crippen molar-refractivity contribution in [1.29, 1.82) is 5.26 Å². The Kier molecular flexibility index (Phi) is 3.24. The number of halogens is 2. The summed E-state index contributed by atoms with van der Waals surface area (Å²) in [5, 5.41) is 17.8. The summed E-state index contributed by atoms with van der Waals surface area (Å²) in [7, 11) is 1.18. The van der Waals surface area contributed by atoms with E-state index >= 15 is 0 Å². The first kappa shape index (κ1) is 11.6. The molecule has 0 unspecified atom stereocenters. The molecule has 0 aromatic heterocycles. The minimum Gasteiger partial charge on any atom is -0.508 e. The number of phenols is 1. The number of hydrogen-bond acceptors (Lipinski definition) is 4. The van der Waals surface area contributed by atoms with Crippen molar-refractivity contribution in [2.75, 3.05) is 0 Å². The van der Waals surface area contributed by atoms with Crippen molar-refractivity contribution in [2.24, 2.45) is 0 Å². The summed E-state index contributed by atoms with van der Waals surface area (Å²) in [6, 6.07) is 3.94. The second-order valence-electron chi connectivity index (χ2n) is 2.36. The van der Waals surface area contributed by atoms with E-state index in [1.54, 1.807) is 28.7 Å².